The van der Waals surface area contributed by atoms with Gasteiger partial charge in [-0.3, -0.25) is 24.5 Å². The number of alkyl halides is 12. The first-order valence-corrected chi connectivity index (χ1v) is 16.1. The smallest absolute Gasteiger partial charge is 0.411 e. The topological polar surface area (TPSA) is 124 Å². The highest BCUT2D eigenvalue weighted by Crippen LogP contribution is 2.59. The van der Waals surface area contributed by atoms with E-state index in [0.29, 0.717) is 30.3 Å². The van der Waals surface area contributed by atoms with Crippen LogP contribution in [0.5, 0.6) is 11.5 Å². The van der Waals surface area contributed by atoms with Gasteiger partial charge in [0.15, 0.2) is 0 Å². The molecule has 57 heavy (non-hydrogen) atoms. The molecule has 0 unspecified atom stereocenters. The van der Waals surface area contributed by atoms with Gasteiger partial charge in [0.2, 0.25) is 10.8 Å². The van der Waals surface area contributed by atoms with Crippen LogP contribution in [-0.2, 0) is 10.8 Å². The lowest BCUT2D eigenvalue weighted by Crippen LogP contribution is -2.55. The Kier molecular flexibility index (Phi) is 9.05. The molecule has 0 aromatic heterocycles. The number of hydrogen-bond donors (Lipinski definition) is 3. The van der Waals surface area contributed by atoms with Crippen LogP contribution >= 0.6 is 0 Å². The zero-order valence-corrected chi connectivity index (χ0v) is 28.5. The molecule has 0 atom stereocenters. The van der Waals surface area contributed by atoms with Crippen molar-refractivity contribution < 1.29 is 82.1 Å². The van der Waals surface area contributed by atoms with Crippen LogP contribution in [0.1, 0.15) is 89.0 Å². The zero-order valence-electron chi connectivity index (χ0n) is 28.5. The first kappa shape index (κ1) is 40.6. The van der Waals surface area contributed by atoms with Gasteiger partial charge >= 0.3 is 24.7 Å². The van der Waals surface area contributed by atoms with Gasteiger partial charge in [-0.1, -0.05) is 44.2 Å². The number of carbonyl (C=O) groups excluding carboxylic acids is 4. The third kappa shape index (κ3) is 5.69. The van der Waals surface area contributed by atoms with E-state index in [1.807, 2.05) is 0 Å². The normalized spacial score (nSPS) is 15.4. The summed E-state index contributed by atoms with van der Waals surface area (Å²) in [6.07, 6.45) is -25.2. The zero-order chi connectivity index (χ0) is 42.6. The molecule has 4 aromatic rings. The van der Waals surface area contributed by atoms with Crippen LogP contribution in [0.25, 0.3) is 0 Å². The van der Waals surface area contributed by atoms with E-state index in [1.165, 1.54) is 13.8 Å². The van der Waals surface area contributed by atoms with E-state index in [4.69, 9.17) is 0 Å². The average Bonchev–Trinajstić information content (AvgIpc) is 3.49. The number of rotatable bonds is 6. The number of nitrogens with one attached hydrogen (secondary N) is 1. The molecule has 20 heteroatoms. The van der Waals surface area contributed by atoms with Crippen LogP contribution in [0.4, 0.5) is 58.4 Å². The summed E-state index contributed by atoms with van der Waals surface area (Å²) in [5.74, 6) is -8.73. The number of aromatic hydroxyl groups is 2. The van der Waals surface area contributed by atoms with Gasteiger partial charge in [0.25, 0.3) is 23.6 Å². The van der Waals surface area contributed by atoms with E-state index in [-0.39, 0.29) is 52.9 Å². The van der Waals surface area contributed by atoms with Gasteiger partial charge in [-0.25, -0.2) is 4.90 Å². The summed E-state index contributed by atoms with van der Waals surface area (Å²) in [7, 11) is 0. The minimum absolute atomic E-state index is 0.00446. The molecule has 2 aliphatic rings. The van der Waals surface area contributed by atoms with Crippen molar-refractivity contribution in [2.75, 3.05) is 4.90 Å². The SMILES string of the molecule is CC(C)c1cc(C(c2ccc(O)c(N3C(=O)c4ccc(C(c5ccc6c(c5)C(=O)NC6=O)(C(F)(F)F)C(F)(F)F)cc4C3=O)c2)(C(F)(F)F)C(F)(F)F)ccc1O. The van der Waals surface area contributed by atoms with Gasteiger partial charge in [0, 0.05) is 0 Å². The van der Waals surface area contributed by atoms with Crippen LogP contribution in [0.15, 0.2) is 72.8 Å². The second-order valence-corrected chi connectivity index (χ2v) is 13.4. The van der Waals surface area contributed by atoms with E-state index >= 15 is 26.3 Å². The average molecular weight is 819 g/mol. The van der Waals surface area contributed by atoms with Crippen molar-refractivity contribution in [3.05, 3.63) is 123 Å². The van der Waals surface area contributed by atoms with Gasteiger partial charge in [-0.2, -0.15) is 52.7 Å². The van der Waals surface area contributed by atoms with E-state index in [0.717, 1.165) is 0 Å². The Labute approximate surface area is 311 Å². The molecule has 4 amide bonds. The standard InChI is InChI=1S/C37H22F12N2O6/c1-15(2)22-11-18(5-9-26(22)52)33(36(44,45)46,37(47,48)49)19-6-10-27(53)25(14-19)51-30(56)21-8-4-17(13-24(21)31(51)57)32(34(38,39)40,35(41,42)43)16-3-7-20-23(12-16)29(55)50-28(20)54/h3-15,52-53H,1-2H3,(H,50,54,55). The fraction of sp³-hybridized carbons (Fsp3) is 0.243. The lowest BCUT2D eigenvalue weighted by atomic mass is 9.71. The number of nitrogens with zero attached hydrogens (tertiary/aromatic N) is 1. The summed E-state index contributed by atoms with van der Waals surface area (Å²) in [5, 5.41) is 22.6. The van der Waals surface area contributed by atoms with Gasteiger partial charge < -0.3 is 10.2 Å². The number of amides is 4. The fourth-order valence-corrected chi connectivity index (χ4v) is 7.24. The second-order valence-electron chi connectivity index (χ2n) is 13.4. The Bertz CT molecular complexity index is 2370. The molecule has 2 aliphatic heterocycles. The van der Waals surface area contributed by atoms with Crippen LogP contribution < -0.4 is 10.2 Å². The van der Waals surface area contributed by atoms with Crippen molar-refractivity contribution in [3.8, 4) is 11.5 Å². The number of benzene rings is 4. The van der Waals surface area contributed by atoms with Crippen molar-refractivity contribution in [2.24, 2.45) is 0 Å². The highest BCUT2D eigenvalue weighted by molar-refractivity contribution is 6.35. The molecule has 0 saturated heterocycles. The lowest BCUT2D eigenvalue weighted by molar-refractivity contribution is -0.290. The molecule has 0 spiro atoms. The summed E-state index contributed by atoms with van der Waals surface area (Å²) in [5.41, 5.74) is -22.0. The largest absolute Gasteiger partial charge is 0.508 e. The number of phenols is 2. The highest BCUT2D eigenvalue weighted by Gasteiger charge is 2.74. The maximum atomic E-state index is 15.0. The minimum Gasteiger partial charge on any atom is -0.508 e. The summed E-state index contributed by atoms with van der Waals surface area (Å²) in [4.78, 5) is 51.3. The van der Waals surface area contributed by atoms with Crippen molar-refractivity contribution in [1.82, 2.24) is 5.32 Å². The van der Waals surface area contributed by atoms with Gasteiger partial charge in [-0.05, 0) is 76.2 Å². The van der Waals surface area contributed by atoms with E-state index < -0.39 is 127 Å². The molecule has 0 aliphatic carbocycles. The maximum Gasteiger partial charge on any atom is 0.411 e. The molecule has 300 valence electrons. The van der Waals surface area contributed by atoms with Crippen molar-refractivity contribution in [3.63, 3.8) is 0 Å². The van der Waals surface area contributed by atoms with Crippen LogP contribution in [0.3, 0.4) is 0 Å². The molecule has 0 saturated carbocycles. The Morgan fingerprint density at radius 2 is 0.877 bits per heavy atom. The molecule has 2 heterocycles. The number of fused-ring (bicyclic) bond motifs is 2. The predicted octanol–water partition coefficient (Wildman–Crippen LogP) is 8.73. The van der Waals surface area contributed by atoms with Gasteiger partial charge in [0.1, 0.15) is 11.5 Å². The molecule has 8 nitrogen and oxygen atoms in total. The third-order valence-electron chi connectivity index (χ3n) is 9.92. The molecular weight excluding hydrogens is 796 g/mol. The van der Waals surface area contributed by atoms with Gasteiger partial charge in [0.05, 0.1) is 27.9 Å². The molecule has 4 aromatic carbocycles. The maximum absolute atomic E-state index is 15.0. The first-order chi connectivity index (χ1) is 26.1. The first-order valence-electron chi connectivity index (χ1n) is 16.1. The quantitative estimate of drug-likeness (QED) is 0.132. The van der Waals surface area contributed by atoms with Crippen LogP contribution in [-0.4, -0.2) is 58.5 Å². The minimum atomic E-state index is -6.34. The number of hydrogen-bond acceptors (Lipinski definition) is 6. The molecule has 3 N–H and O–H groups in total. The number of phenolic OH excluding ortho intramolecular Hbond substituents is 2. The van der Waals surface area contributed by atoms with Crippen molar-refractivity contribution >= 4 is 29.3 Å². The third-order valence-corrected chi connectivity index (χ3v) is 9.92. The van der Waals surface area contributed by atoms with Crippen LogP contribution in [0.2, 0.25) is 0 Å². The van der Waals surface area contributed by atoms with E-state index in [9.17, 15) is 55.7 Å². The summed E-state index contributed by atoms with van der Waals surface area (Å²) in [6, 6.07) is 3.22. The van der Waals surface area contributed by atoms with Gasteiger partial charge in [-0.15, -0.1) is 0 Å². The number of imide groups is 2. The molecule has 0 fully saturated rings. The number of anilines is 1. The Hall–Kier alpha value is -6.08. The Morgan fingerprint density at radius 3 is 1.37 bits per heavy atom. The molecule has 0 radical (unpaired) electrons. The second kappa shape index (κ2) is 12.7. The monoisotopic (exact) mass is 818 g/mol. The predicted molar refractivity (Wildman–Crippen MR) is 172 cm³/mol. The Morgan fingerprint density at radius 1 is 0.491 bits per heavy atom. The summed E-state index contributed by atoms with van der Waals surface area (Å²) in [6.45, 7) is 2.71. The lowest BCUT2D eigenvalue weighted by Gasteiger charge is -2.39. The number of carbonyl (C=O) groups is 4. The van der Waals surface area contributed by atoms with Crippen molar-refractivity contribution in [2.45, 2.75) is 55.3 Å². The number of halogens is 12. The van der Waals surface area contributed by atoms with Crippen LogP contribution in [0, 0.1) is 0 Å². The summed E-state index contributed by atoms with van der Waals surface area (Å²) >= 11 is 0. The van der Waals surface area contributed by atoms with E-state index in [1.54, 1.807) is 5.32 Å². The fourth-order valence-electron chi connectivity index (χ4n) is 7.24. The van der Waals surface area contributed by atoms with Crippen molar-refractivity contribution in [1.29, 1.82) is 0 Å². The summed E-state index contributed by atoms with van der Waals surface area (Å²) < 4.78 is 180. The Balaban J connectivity index is 1.55. The molecular formula is C37H22F12N2O6. The highest BCUT2D eigenvalue weighted by atomic mass is 19.4. The molecule has 0 bridgehead atoms. The van der Waals surface area contributed by atoms with E-state index in [2.05, 4.69) is 0 Å². The molecule has 6 rings (SSSR count).